The van der Waals surface area contributed by atoms with Crippen molar-refractivity contribution in [1.29, 1.82) is 0 Å². The molecular weight excluding hydrogens is 366 g/mol. The molecule has 0 fully saturated rings. The molecule has 0 saturated carbocycles. The van der Waals surface area contributed by atoms with Gasteiger partial charge in [-0.05, 0) is 30.3 Å². The molecule has 0 aliphatic rings. The summed E-state index contributed by atoms with van der Waals surface area (Å²) in [7, 11) is -3.80. The Morgan fingerprint density at radius 2 is 1.90 bits per heavy atom. The zero-order valence-corrected chi connectivity index (χ0v) is 12.7. The van der Waals surface area contributed by atoms with Crippen LogP contribution in [0.25, 0.3) is 0 Å². The molecule has 0 bridgehead atoms. The van der Waals surface area contributed by atoms with E-state index < -0.39 is 20.8 Å². The first-order chi connectivity index (χ1) is 9.88. The molecule has 0 spiro atoms. The monoisotopic (exact) mass is 373 g/mol. The molecule has 1 heterocycles. The van der Waals surface area contributed by atoms with Crippen LogP contribution in [0.15, 0.2) is 55.3 Å². The Morgan fingerprint density at radius 1 is 1.24 bits per heavy atom. The van der Waals surface area contributed by atoms with Crippen LogP contribution in [0, 0.1) is 10.1 Å². The number of hydrazone groups is 1. The zero-order valence-electron chi connectivity index (χ0n) is 10.3. The highest BCUT2D eigenvalue weighted by Crippen LogP contribution is 2.15. The number of hydrogen-bond acceptors (Lipinski definition) is 6. The van der Waals surface area contributed by atoms with Crippen molar-refractivity contribution in [2.45, 2.75) is 4.90 Å². The lowest BCUT2D eigenvalue weighted by molar-refractivity contribution is -0.402. The van der Waals surface area contributed by atoms with Crippen LogP contribution in [-0.2, 0) is 10.0 Å². The van der Waals surface area contributed by atoms with Crippen LogP contribution in [-0.4, -0.2) is 19.6 Å². The van der Waals surface area contributed by atoms with E-state index >= 15 is 0 Å². The van der Waals surface area contributed by atoms with Gasteiger partial charge in [0.1, 0.15) is 4.92 Å². The third kappa shape index (κ3) is 3.89. The number of rotatable bonds is 5. The van der Waals surface area contributed by atoms with Crippen LogP contribution in [0.3, 0.4) is 0 Å². The molecule has 10 heteroatoms. The Bertz CT molecular complexity index is 782. The van der Waals surface area contributed by atoms with E-state index in [0.29, 0.717) is 0 Å². The lowest BCUT2D eigenvalue weighted by Gasteiger charge is -2.02. The maximum atomic E-state index is 11.9. The van der Waals surface area contributed by atoms with Gasteiger partial charge in [0.25, 0.3) is 10.0 Å². The number of nitrogens with one attached hydrogen (secondary N) is 1. The van der Waals surface area contributed by atoms with Gasteiger partial charge in [0, 0.05) is 4.47 Å². The molecule has 0 saturated heterocycles. The van der Waals surface area contributed by atoms with Crippen LogP contribution >= 0.6 is 15.9 Å². The number of benzene rings is 1. The SMILES string of the molecule is O=[N+]([O-])c1ccc(C=NNS(=O)(=O)c2ccc(Br)cc2)o1. The zero-order chi connectivity index (χ0) is 15.5. The molecule has 2 aromatic rings. The van der Waals surface area contributed by atoms with Crippen molar-refractivity contribution in [2.24, 2.45) is 5.10 Å². The van der Waals surface area contributed by atoms with E-state index in [4.69, 9.17) is 4.42 Å². The molecule has 1 aromatic carbocycles. The summed E-state index contributed by atoms with van der Waals surface area (Å²) in [5, 5.41) is 13.9. The van der Waals surface area contributed by atoms with E-state index in [1.165, 1.54) is 18.2 Å². The van der Waals surface area contributed by atoms with Gasteiger partial charge >= 0.3 is 5.88 Å². The van der Waals surface area contributed by atoms with Gasteiger partial charge in [-0.1, -0.05) is 15.9 Å². The highest BCUT2D eigenvalue weighted by molar-refractivity contribution is 9.10. The van der Waals surface area contributed by atoms with E-state index in [1.807, 2.05) is 4.83 Å². The molecule has 0 unspecified atom stereocenters. The van der Waals surface area contributed by atoms with Crippen molar-refractivity contribution >= 4 is 38.1 Å². The minimum absolute atomic E-state index is 0.0354. The van der Waals surface area contributed by atoms with E-state index in [1.54, 1.807) is 12.1 Å². The summed E-state index contributed by atoms with van der Waals surface area (Å²) in [6.45, 7) is 0. The van der Waals surface area contributed by atoms with E-state index in [0.717, 1.165) is 16.8 Å². The number of nitro groups is 1. The highest BCUT2D eigenvalue weighted by atomic mass is 79.9. The van der Waals surface area contributed by atoms with Gasteiger partial charge < -0.3 is 4.42 Å². The molecule has 110 valence electrons. The average Bonchev–Trinajstić information content (AvgIpc) is 2.88. The fraction of sp³-hybridized carbons (Fsp3) is 0. The molecule has 0 amide bonds. The fourth-order valence-corrected chi connectivity index (χ4v) is 2.39. The second-order valence-corrected chi connectivity index (χ2v) is 6.32. The van der Waals surface area contributed by atoms with Crippen LogP contribution in [0.5, 0.6) is 0 Å². The first kappa shape index (κ1) is 15.2. The molecule has 0 aliphatic carbocycles. The summed E-state index contributed by atoms with van der Waals surface area (Å²) in [4.78, 5) is 11.7. The van der Waals surface area contributed by atoms with Crippen molar-refractivity contribution in [1.82, 2.24) is 4.83 Å². The normalized spacial score (nSPS) is 11.7. The van der Waals surface area contributed by atoms with E-state index in [2.05, 4.69) is 21.0 Å². The molecule has 2 rings (SSSR count). The van der Waals surface area contributed by atoms with E-state index in [9.17, 15) is 18.5 Å². The van der Waals surface area contributed by atoms with Crippen LogP contribution < -0.4 is 4.83 Å². The Morgan fingerprint density at radius 3 is 2.48 bits per heavy atom. The fourth-order valence-electron chi connectivity index (χ4n) is 1.34. The van der Waals surface area contributed by atoms with Gasteiger partial charge in [-0.25, -0.2) is 0 Å². The second kappa shape index (κ2) is 6.06. The Hall–Kier alpha value is -2.20. The van der Waals surface area contributed by atoms with Gasteiger partial charge in [-0.15, -0.1) is 0 Å². The van der Waals surface area contributed by atoms with Crippen molar-refractivity contribution in [3.05, 3.63) is 56.7 Å². The number of halogens is 1. The largest absolute Gasteiger partial charge is 0.433 e. The van der Waals surface area contributed by atoms with Gasteiger partial charge in [0.15, 0.2) is 5.76 Å². The summed E-state index contributed by atoms with van der Waals surface area (Å²) in [6.07, 6.45) is 1.03. The predicted octanol–water partition coefficient (Wildman–Crippen LogP) is 2.26. The lowest BCUT2D eigenvalue weighted by Crippen LogP contribution is -2.18. The Kier molecular flexibility index (Phi) is 4.38. The molecule has 1 aromatic heterocycles. The topological polar surface area (TPSA) is 115 Å². The van der Waals surface area contributed by atoms with Crippen LogP contribution in [0.4, 0.5) is 5.88 Å². The average molecular weight is 374 g/mol. The molecule has 1 N–H and O–H groups in total. The quantitative estimate of drug-likeness (QED) is 0.490. The molecule has 0 aliphatic heterocycles. The smallest absolute Gasteiger partial charge is 0.400 e. The van der Waals surface area contributed by atoms with Crippen LogP contribution in [0.2, 0.25) is 0 Å². The Labute approximate surface area is 127 Å². The number of sulfonamides is 1. The van der Waals surface area contributed by atoms with Gasteiger partial charge in [-0.2, -0.15) is 18.4 Å². The summed E-state index contributed by atoms with van der Waals surface area (Å²) < 4.78 is 29.3. The summed E-state index contributed by atoms with van der Waals surface area (Å²) in [5.41, 5.74) is 0. The summed E-state index contributed by atoms with van der Waals surface area (Å²) >= 11 is 3.20. The van der Waals surface area contributed by atoms with Crippen LogP contribution in [0.1, 0.15) is 5.76 Å². The third-order valence-electron chi connectivity index (χ3n) is 2.28. The molecule has 8 nitrogen and oxygen atoms in total. The van der Waals surface area contributed by atoms with Crippen molar-refractivity contribution in [2.75, 3.05) is 0 Å². The maximum Gasteiger partial charge on any atom is 0.433 e. The molecule has 0 atom stereocenters. The maximum absolute atomic E-state index is 11.9. The van der Waals surface area contributed by atoms with Crippen molar-refractivity contribution in [3.63, 3.8) is 0 Å². The number of nitrogens with zero attached hydrogens (tertiary/aromatic N) is 2. The summed E-state index contributed by atoms with van der Waals surface area (Å²) in [6, 6.07) is 8.40. The first-order valence-corrected chi connectivity index (χ1v) is 7.71. The first-order valence-electron chi connectivity index (χ1n) is 5.43. The molecule has 0 radical (unpaired) electrons. The van der Waals surface area contributed by atoms with Crippen molar-refractivity contribution in [3.8, 4) is 0 Å². The minimum Gasteiger partial charge on any atom is -0.400 e. The molecule has 21 heavy (non-hydrogen) atoms. The standard InChI is InChI=1S/C11H8BrN3O5S/c12-8-1-4-10(5-2-8)21(18,19)14-13-7-9-3-6-11(20-9)15(16)17/h1-7,14H. The Balaban J connectivity index is 2.08. The number of furan rings is 1. The predicted molar refractivity (Wildman–Crippen MR) is 77.4 cm³/mol. The third-order valence-corrected chi connectivity index (χ3v) is 4.05. The lowest BCUT2D eigenvalue weighted by atomic mass is 10.4. The van der Waals surface area contributed by atoms with Gasteiger partial charge in [-0.3, -0.25) is 10.1 Å². The highest BCUT2D eigenvalue weighted by Gasteiger charge is 2.13. The number of hydrogen-bond donors (Lipinski definition) is 1. The summed E-state index contributed by atoms with van der Waals surface area (Å²) in [5.74, 6) is -0.396. The molecular formula is C11H8BrN3O5S. The van der Waals surface area contributed by atoms with E-state index in [-0.39, 0.29) is 10.7 Å². The minimum atomic E-state index is -3.80. The van der Waals surface area contributed by atoms with Crippen molar-refractivity contribution < 1.29 is 17.8 Å². The second-order valence-electron chi connectivity index (χ2n) is 3.74. The van der Waals surface area contributed by atoms with Gasteiger partial charge in [0.2, 0.25) is 0 Å². The van der Waals surface area contributed by atoms with Gasteiger partial charge in [0.05, 0.1) is 17.2 Å².